The van der Waals surface area contributed by atoms with Gasteiger partial charge in [-0.2, -0.15) is 10.2 Å². The van der Waals surface area contributed by atoms with Crippen LogP contribution in [-0.2, 0) is 9.59 Å². The fraction of sp³-hybridized carbons (Fsp3) is 0.500. The number of carbonyl (C=O) groups excluding carboxylic acids is 1. The number of hydrogen-bond acceptors (Lipinski definition) is 5. The van der Waals surface area contributed by atoms with Crippen molar-refractivity contribution >= 4 is 23.8 Å². The minimum atomic E-state index is -1.23. The molecule has 0 aromatic rings. The monoisotopic (exact) mass is 267 g/mol. The third-order valence-electron chi connectivity index (χ3n) is 2.56. The van der Waals surface area contributed by atoms with Crippen molar-refractivity contribution < 1.29 is 19.8 Å². The summed E-state index contributed by atoms with van der Waals surface area (Å²) < 4.78 is 0. The quantitative estimate of drug-likeness (QED) is 0.507. The molecule has 3 N–H and O–H groups in total. The maximum Gasteiger partial charge on any atom is 0.348 e. The lowest BCUT2D eigenvalue weighted by Crippen LogP contribution is -2.30. The Hall–Kier alpha value is -2.18. The van der Waals surface area contributed by atoms with Crippen LogP contribution in [0.4, 0.5) is 0 Å². The molecule has 19 heavy (non-hydrogen) atoms. The van der Waals surface area contributed by atoms with Crippen LogP contribution in [0, 0.1) is 5.92 Å². The van der Waals surface area contributed by atoms with Crippen molar-refractivity contribution in [3.05, 3.63) is 11.3 Å². The predicted molar refractivity (Wildman–Crippen MR) is 70.3 cm³/mol. The van der Waals surface area contributed by atoms with E-state index in [-0.39, 0.29) is 17.0 Å². The van der Waals surface area contributed by atoms with Gasteiger partial charge in [-0.05, 0) is 19.3 Å². The first-order valence-electron chi connectivity index (χ1n) is 5.87. The van der Waals surface area contributed by atoms with Crippen LogP contribution >= 0.6 is 0 Å². The second kappa shape index (κ2) is 6.12. The fourth-order valence-electron chi connectivity index (χ4n) is 1.80. The van der Waals surface area contributed by atoms with E-state index in [2.05, 4.69) is 15.5 Å². The molecule has 1 aliphatic heterocycles. The van der Waals surface area contributed by atoms with Gasteiger partial charge in [0.2, 0.25) is 0 Å². The summed E-state index contributed by atoms with van der Waals surface area (Å²) in [5.74, 6) is -1.40. The SMILES string of the molecule is C/C(=N\N=C/C(=O)O)C1=C(O)C(CC(C)C)NC1=O. The van der Waals surface area contributed by atoms with Crippen LogP contribution < -0.4 is 5.32 Å². The van der Waals surface area contributed by atoms with Gasteiger partial charge in [0.15, 0.2) is 0 Å². The summed E-state index contributed by atoms with van der Waals surface area (Å²) in [6, 6.07) is -0.420. The number of amides is 1. The highest BCUT2D eigenvalue weighted by Crippen LogP contribution is 2.21. The van der Waals surface area contributed by atoms with E-state index < -0.39 is 17.9 Å². The van der Waals surface area contributed by atoms with Gasteiger partial charge in [-0.15, -0.1) is 0 Å². The van der Waals surface area contributed by atoms with Crippen molar-refractivity contribution in [2.75, 3.05) is 0 Å². The van der Waals surface area contributed by atoms with Crippen molar-refractivity contribution in [3.63, 3.8) is 0 Å². The predicted octanol–water partition coefficient (Wildman–Crippen LogP) is 0.874. The van der Waals surface area contributed by atoms with Crippen LogP contribution in [-0.4, -0.2) is 40.1 Å². The van der Waals surface area contributed by atoms with Crippen LogP contribution in [0.3, 0.4) is 0 Å². The highest BCUT2D eigenvalue weighted by atomic mass is 16.4. The molecule has 1 atom stereocenters. The largest absolute Gasteiger partial charge is 0.509 e. The summed E-state index contributed by atoms with van der Waals surface area (Å²) >= 11 is 0. The zero-order valence-electron chi connectivity index (χ0n) is 11.0. The third-order valence-corrected chi connectivity index (χ3v) is 2.56. The maximum atomic E-state index is 11.7. The van der Waals surface area contributed by atoms with Gasteiger partial charge in [-0.1, -0.05) is 13.8 Å². The highest BCUT2D eigenvalue weighted by Gasteiger charge is 2.33. The summed E-state index contributed by atoms with van der Waals surface area (Å²) in [6.07, 6.45) is 1.23. The molecule has 0 bridgehead atoms. The summed E-state index contributed by atoms with van der Waals surface area (Å²) in [5, 5.41) is 27.9. The average molecular weight is 267 g/mol. The minimum absolute atomic E-state index is 0.0631. The molecule has 0 fully saturated rings. The van der Waals surface area contributed by atoms with Gasteiger partial charge < -0.3 is 15.5 Å². The molecule has 1 rings (SSSR count). The standard InChI is InChI=1S/C12H17N3O4/c1-6(2)4-8-11(18)10(12(19)14-8)7(3)15-13-5-9(16)17/h5-6,8,18H,4H2,1-3H3,(H,14,19)(H,16,17)/b13-5-,15-7+. The van der Waals surface area contributed by atoms with E-state index in [1.165, 1.54) is 6.92 Å². The molecule has 1 aliphatic rings. The van der Waals surface area contributed by atoms with Gasteiger partial charge in [-0.25, -0.2) is 4.79 Å². The van der Waals surface area contributed by atoms with Crippen LogP contribution in [0.1, 0.15) is 27.2 Å². The first-order chi connectivity index (χ1) is 8.82. The number of carbonyl (C=O) groups is 2. The Kier molecular flexibility index (Phi) is 4.80. The van der Waals surface area contributed by atoms with Gasteiger partial charge in [0.25, 0.3) is 5.91 Å². The lowest BCUT2D eigenvalue weighted by molar-refractivity contribution is -0.128. The summed E-state index contributed by atoms with van der Waals surface area (Å²) in [4.78, 5) is 22.0. The Morgan fingerprint density at radius 1 is 1.53 bits per heavy atom. The molecule has 104 valence electrons. The van der Waals surface area contributed by atoms with Crippen molar-refractivity contribution in [2.24, 2.45) is 16.1 Å². The van der Waals surface area contributed by atoms with Crippen molar-refractivity contribution in [3.8, 4) is 0 Å². The molecule has 0 saturated heterocycles. The van der Waals surface area contributed by atoms with E-state index >= 15 is 0 Å². The fourth-order valence-corrected chi connectivity index (χ4v) is 1.80. The first kappa shape index (κ1) is 14.9. The van der Waals surface area contributed by atoms with E-state index in [1.807, 2.05) is 13.8 Å². The molecule has 0 aromatic heterocycles. The molecule has 0 aromatic carbocycles. The first-order valence-corrected chi connectivity index (χ1v) is 5.87. The van der Waals surface area contributed by atoms with Crippen molar-refractivity contribution in [1.82, 2.24) is 5.32 Å². The lowest BCUT2D eigenvalue weighted by atomic mass is 10.0. The van der Waals surface area contributed by atoms with E-state index in [4.69, 9.17) is 5.11 Å². The third kappa shape index (κ3) is 3.90. The summed E-state index contributed by atoms with van der Waals surface area (Å²) in [6.45, 7) is 5.45. The van der Waals surface area contributed by atoms with Gasteiger partial charge in [0, 0.05) is 0 Å². The molecule has 1 unspecified atom stereocenters. The summed E-state index contributed by atoms with van der Waals surface area (Å²) in [5.41, 5.74) is 0.243. The number of aliphatic carboxylic acids is 1. The minimum Gasteiger partial charge on any atom is -0.509 e. The number of aliphatic hydroxyl groups excluding tert-OH is 1. The van der Waals surface area contributed by atoms with Gasteiger partial charge in [0.1, 0.15) is 17.5 Å². The molecule has 0 saturated carbocycles. The normalized spacial score (nSPS) is 20.5. The van der Waals surface area contributed by atoms with Gasteiger partial charge in [0.05, 0.1) is 11.8 Å². The van der Waals surface area contributed by atoms with E-state index in [1.54, 1.807) is 0 Å². The number of aliphatic hydroxyl groups is 1. The number of nitrogens with zero attached hydrogens (tertiary/aromatic N) is 2. The number of carboxylic acids is 1. The van der Waals surface area contributed by atoms with Gasteiger partial charge in [-0.3, -0.25) is 4.79 Å². The Morgan fingerprint density at radius 3 is 2.68 bits per heavy atom. The second-order valence-corrected chi connectivity index (χ2v) is 4.68. The number of rotatable bonds is 5. The Morgan fingerprint density at radius 2 is 2.16 bits per heavy atom. The molecule has 1 amide bonds. The Balaban J connectivity index is 2.93. The van der Waals surface area contributed by atoms with E-state index in [0.717, 1.165) is 0 Å². The van der Waals surface area contributed by atoms with E-state index in [0.29, 0.717) is 18.6 Å². The molecule has 1 heterocycles. The zero-order chi connectivity index (χ0) is 14.6. The smallest absolute Gasteiger partial charge is 0.348 e. The highest BCUT2D eigenvalue weighted by molar-refractivity contribution is 6.24. The Labute approximate surface area is 110 Å². The lowest BCUT2D eigenvalue weighted by Gasteiger charge is -2.12. The van der Waals surface area contributed by atoms with E-state index in [9.17, 15) is 14.7 Å². The van der Waals surface area contributed by atoms with Crippen LogP contribution in [0.15, 0.2) is 21.5 Å². The molecule has 7 heteroatoms. The number of nitrogens with one attached hydrogen (secondary N) is 1. The zero-order valence-corrected chi connectivity index (χ0v) is 11.0. The molecular formula is C12H17N3O4. The van der Waals surface area contributed by atoms with Crippen molar-refractivity contribution in [1.29, 1.82) is 0 Å². The van der Waals surface area contributed by atoms with Gasteiger partial charge >= 0.3 is 5.97 Å². The number of carboxylic acid groups (broad SMARTS) is 1. The second-order valence-electron chi connectivity index (χ2n) is 4.68. The molecule has 0 radical (unpaired) electrons. The van der Waals surface area contributed by atoms with Crippen LogP contribution in [0.25, 0.3) is 0 Å². The molecule has 0 spiro atoms. The topological polar surface area (TPSA) is 111 Å². The molecule has 0 aliphatic carbocycles. The van der Waals surface area contributed by atoms with Crippen LogP contribution in [0.5, 0.6) is 0 Å². The van der Waals surface area contributed by atoms with Crippen LogP contribution in [0.2, 0.25) is 0 Å². The number of hydrogen-bond donors (Lipinski definition) is 3. The van der Waals surface area contributed by atoms with Crippen molar-refractivity contribution in [2.45, 2.75) is 33.2 Å². The maximum absolute atomic E-state index is 11.7. The summed E-state index contributed by atoms with van der Waals surface area (Å²) in [7, 11) is 0. The molecule has 7 nitrogen and oxygen atoms in total. The average Bonchev–Trinajstić information content (AvgIpc) is 2.52. The molecular weight excluding hydrogens is 250 g/mol. The Bertz CT molecular complexity index is 477.